The van der Waals surface area contributed by atoms with Crippen molar-refractivity contribution >= 4 is 45.8 Å². The molecule has 0 radical (unpaired) electrons. The fourth-order valence-electron chi connectivity index (χ4n) is 3.10. The average Bonchev–Trinajstić information content (AvgIpc) is 3.40. The van der Waals surface area contributed by atoms with Gasteiger partial charge in [-0.05, 0) is 35.2 Å². The second-order valence-electron chi connectivity index (χ2n) is 6.66. The molecule has 4 rings (SSSR count). The molecule has 2 heterocycles. The van der Waals surface area contributed by atoms with Crippen LogP contribution in [0.2, 0.25) is 0 Å². The molecule has 0 saturated carbocycles. The highest BCUT2D eigenvalue weighted by Crippen LogP contribution is 2.22. The van der Waals surface area contributed by atoms with Crippen LogP contribution in [0, 0.1) is 0 Å². The number of aliphatic hydroxyl groups is 1. The third kappa shape index (κ3) is 4.17. The molecule has 152 valence electrons. The molecular weight excluding hydrogens is 402 g/mol. The Kier molecular flexibility index (Phi) is 5.46. The molecule has 8 nitrogen and oxygen atoms in total. The molecule has 0 bridgehead atoms. The number of imidazole rings is 1. The number of fused-ring (bicyclic) bond motifs is 1. The number of carbonyl (C=O) groups excluding carboxylic acids is 2. The Bertz CT molecular complexity index is 1170. The van der Waals surface area contributed by atoms with E-state index in [9.17, 15) is 14.7 Å². The minimum absolute atomic E-state index is 0.272. The van der Waals surface area contributed by atoms with Crippen LogP contribution in [0.3, 0.4) is 0 Å². The first kappa shape index (κ1) is 19.6. The maximum Gasteiger partial charge on any atom is 0.255 e. The Labute approximate surface area is 175 Å². The standard InChI is InChI=1S/C21H19N5O3S/c22-21-24-15-7-6-14(10-16(15)25-21)23-20(29)18(27)17(12-4-2-1-3-5-12)26-19(28)13-8-9-30-11-13/h1-11,17-18,27H,(H,23,29)(H,26,28)(H3,22,24,25). The largest absolute Gasteiger partial charge is 0.381 e. The van der Waals surface area contributed by atoms with Gasteiger partial charge in [-0.1, -0.05) is 30.3 Å². The fraction of sp³-hybridized carbons (Fsp3) is 0.0952. The first-order valence-corrected chi connectivity index (χ1v) is 10.1. The lowest BCUT2D eigenvalue weighted by molar-refractivity contribution is -0.125. The van der Waals surface area contributed by atoms with E-state index in [4.69, 9.17) is 5.73 Å². The van der Waals surface area contributed by atoms with Crippen LogP contribution in [0.25, 0.3) is 11.0 Å². The number of nitrogens with two attached hydrogens (primary N) is 1. The molecule has 2 unspecified atom stereocenters. The fourth-order valence-corrected chi connectivity index (χ4v) is 3.73. The smallest absolute Gasteiger partial charge is 0.255 e. The van der Waals surface area contributed by atoms with Gasteiger partial charge >= 0.3 is 0 Å². The molecule has 4 aromatic rings. The highest BCUT2D eigenvalue weighted by atomic mass is 32.1. The predicted octanol–water partition coefficient (Wildman–Crippen LogP) is 2.68. The van der Waals surface area contributed by atoms with Crippen molar-refractivity contribution in [3.05, 3.63) is 76.5 Å². The monoisotopic (exact) mass is 421 g/mol. The molecule has 0 saturated heterocycles. The number of nitrogens with one attached hydrogen (secondary N) is 3. The van der Waals surface area contributed by atoms with E-state index in [-0.39, 0.29) is 11.9 Å². The van der Waals surface area contributed by atoms with E-state index in [1.54, 1.807) is 59.3 Å². The molecule has 0 fully saturated rings. The molecule has 6 N–H and O–H groups in total. The van der Waals surface area contributed by atoms with Gasteiger partial charge in [0.2, 0.25) is 0 Å². The van der Waals surface area contributed by atoms with Gasteiger partial charge in [0, 0.05) is 11.1 Å². The maximum absolute atomic E-state index is 12.8. The van der Waals surface area contributed by atoms with Crippen LogP contribution in [-0.4, -0.2) is 33.0 Å². The van der Waals surface area contributed by atoms with Crippen LogP contribution >= 0.6 is 11.3 Å². The van der Waals surface area contributed by atoms with Gasteiger partial charge < -0.3 is 26.5 Å². The third-order valence-corrected chi connectivity index (χ3v) is 5.26. The number of anilines is 2. The summed E-state index contributed by atoms with van der Waals surface area (Å²) < 4.78 is 0. The van der Waals surface area contributed by atoms with Crippen LogP contribution in [0.1, 0.15) is 22.0 Å². The Morgan fingerprint density at radius 2 is 1.93 bits per heavy atom. The zero-order valence-corrected chi connectivity index (χ0v) is 16.5. The maximum atomic E-state index is 12.8. The molecule has 0 aliphatic carbocycles. The molecular formula is C21H19N5O3S. The quantitative estimate of drug-likeness (QED) is 0.326. The summed E-state index contributed by atoms with van der Waals surface area (Å²) in [4.78, 5) is 32.3. The summed E-state index contributed by atoms with van der Waals surface area (Å²) in [5.41, 5.74) is 8.51. The van der Waals surface area contributed by atoms with Crippen molar-refractivity contribution in [1.29, 1.82) is 0 Å². The normalized spacial score (nSPS) is 13.0. The second-order valence-corrected chi connectivity index (χ2v) is 7.44. The van der Waals surface area contributed by atoms with Gasteiger partial charge in [-0.25, -0.2) is 4.98 Å². The Morgan fingerprint density at radius 3 is 2.67 bits per heavy atom. The van der Waals surface area contributed by atoms with Crippen molar-refractivity contribution < 1.29 is 14.7 Å². The number of hydrogen-bond acceptors (Lipinski definition) is 6. The lowest BCUT2D eigenvalue weighted by atomic mass is 10.00. The third-order valence-electron chi connectivity index (χ3n) is 4.58. The molecule has 2 amide bonds. The summed E-state index contributed by atoms with van der Waals surface area (Å²) in [6.45, 7) is 0. The van der Waals surface area contributed by atoms with Gasteiger partial charge in [0.1, 0.15) is 0 Å². The van der Waals surface area contributed by atoms with Gasteiger partial charge in [-0.2, -0.15) is 11.3 Å². The molecule has 2 atom stereocenters. The van der Waals surface area contributed by atoms with Crippen molar-refractivity contribution in [3.8, 4) is 0 Å². The number of hydrogen-bond donors (Lipinski definition) is 5. The summed E-state index contributed by atoms with van der Waals surface area (Å²) in [6.07, 6.45) is -1.52. The van der Waals surface area contributed by atoms with Crippen LogP contribution in [-0.2, 0) is 4.79 Å². The van der Waals surface area contributed by atoms with Crippen molar-refractivity contribution in [2.24, 2.45) is 0 Å². The van der Waals surface area contributed by atoms with E-state index in [2.05, 4.69) is 20.6 Å². The van der Waals surface area contributed by atoms with Crippen LogP contribution in [0.5, 0.6) is 0 Å². The number of aliphatic hydroxyl groups excluding tert-OH is 1. The number of benzene rings is 2. The topological polar surface area (TPSA) is 133 Å². The molecule has 0 aliphatic rings. The highest BCUT2D eigenvalue weighted by molar-refractivity contribution is 7.08. The Morgan fingerprint density at radius 1 is 1.13 bits per heavy atom. The Balaban J connectivity index is 1.55. The SMILES string of the molecule is Nc1nc2ccc(NC(=O)C(O)C(NC(=O)c3ccsc3)c3ccccc3)cc2[nH]1. The number of aromatic nitrogens is 2. The zero-order chi connectivity index (χ0) is 21.1. The number of aromatic amines is 1. The number of carbonyl (C=O) groups is 2. The van der Waals surface area contributed by atoms with Gasteiger partial charge in [-0.15, -0.1) is 0 Å². The minimum Gasteiger partial charge on any atom is -0.381 e. The highest BCUT2D eigenvalue weighted by Gasteiger charge is 2.29. The van der Waals surface area contributed by atoms with Crippen molar-refractivity contribution in [1.82, 2.24) is 15.3 Å². The number of rotatable bonds is 6. The Hall–Kier alpha value is -3.69. The second kappa shape index (κ2) is 8.36. The molecule has 2 aromatic carbocycles. The molecule has 2 aromatic heterocycles. The van der Waals surface area contributed by atoms with Crippen molar-refractivity contribution in [2.75, 3.05) is 11.1 Å². The summed E-state index contributed by atoms with van der Waals surface area (Å²) in [5.74, 6) is -0.749. The number of amides is 2. The number of H-pyrrole nitrogens is 1. The van der Waals surface area contributed by atoms with Crippen LogP contribution < -0.4 is 16.4 Å². The molecule has 9 heteroatoms. The first-order chi connectivity index (χ1) is 14.5. The number of thiophene rings is 1. The summed E-state index contributed by atoms with van der Waals surface area (Å²) in [5, 5.41) is 19.7. The van der Waals surface area contributed by atoms with E-state index in [1.165, 1.54) is 11.3 Å². The zero-order valence-electron chi connectivity index (χ0n) is 15.7. The first-order valence-electron chi connectivity index (χ1n) is 9.13. The lowest BCUT2D eigenvalue weighted by Crippen LogP contribution is -2.42. The molecule has 30 heavy (non-hydrogen) atoms. The summed E-state index contributed by atoms with van der Waals surface area (Å²) in [7, 11) is 0. The van der Waals surface area contributed by atoms with E-state index in [0.29, 0.717) is 27.8 Å². The number of nitrogens with zero attached hydrogens (tertiary/aromatic N) is 1. The summed E-state index contributed by atoms with van der Waals surface area (Å²) >= 11 is 1.39. The van der Waals surface area contributed by atoms with Crippen molar-refractivity contribution in [3.63, 3.8) is 0 Å². The van der Waals surface area contributed by atoms with Gasteiger partial charge in [0.05, 0.1) is 22.6 Å². The summed E-state index contributed by atoms with van der Waals surface area (Å²) in [6, 6.07) is 14.7. The van der Waals surface area contributed by atoms with E-state index < -0.39 is 18.1 Å². The van der Waals surface area contributed by atoms with Gasteiger partial charge in [0.15, 0.2) is 12.1 Å². The lowest BCUT2D eigenvalue weighted by Gasteiger charge is -2.24. The predicted molar refractivity (Wildman–Crippen MR) is 116 cm³/mol. The van der Waals surface area contributed by atoms with Crippen molar-refractivity contribution in [2.45, 2.75) is 12.1 Å². The van der Waals surface area contributed by atoms with Gasteiger partial charge in [0.25, 0.3) is 11.8 Å². The van der Waals surface area contributed by atoms with Crippen LogP contribution in [0.4, 0.5) is 11.6 Å². The number of nitrogen functional groups attached to an aromatic ring is 1. The van der Waals surface area contributed by atoms with Crippen LogP contribution in [0.15, 0.2) is 65.4 Å². The average molecular weight is 421 g/mol. The molecule has 0 aliphatic heterocycles. The van der Waals surface area contributed by atoms with E-state index in [0.717, 1.165) is 0 Å². The van der Waals surface area contributed by atoms with E-state index in [1.807, 2.05) is 6.07 Å². The van der Waals surface area contributed by atoms with E-state index >= 15 is 0 Å². The van der Waals surface area contributed by atoms with Gasteiger partial charge in [-0.3, -0.25) is 9.59 Å². The minimum atomic E-state index is -1.52. The molecule has 0 spiro atoms.